The van der Waals surface area contributed by atoms with E-state index in [1.807, 2.05) is 0 Å². The van der Waals surface area contributed by atoms with Crippen molar-refractivity contribution in [3.05, 3.63) is 21.1 Å². The van der Waals surface area contributed by atoms with Crippen molar-refractivity contribution in [1.82, 2.24) is 0 Å². The normalized spacial score (nSPS) is 36.5. The summed E-state index contributed by atoms with van der Waals surface area (Å²) in [5, 5.41) is 63.8. The second-order valence-electron chi connectivity index (χ2n) is 8.50. The van der Waals surface area contributed by atoms with Crippen molar-refractivity contribution in [1.29, 1.82) is 0 Å². The van der Waals surface area contributed by atoms with Crippen LogP contribution in [0, 0.1) is 0 Å². The van der Waals surface area contributed by atoms with Gasteiger partial charge in [-0.15, -0.1) is 11.8 Å². The van der Waals surface area contributed by atoms with Crippen LogP contribution < -0.4 is 0 Å². The molecule has 3 heterocycles. The number of aliphatic hydroxyl groups is 6. The van der Waals surface area contributed by atoms with Crippen LogP contribution in [0.1, 0.15) is 32.1 Å². The van der Waals surface area contributed by atoms with Crippen LogP contribution in [0.25, 0.3) is 10.4 Å². The average molecular weight is 508 g/mol. The molecule has 3 aliphatic heterocycles. The molecule has 1 spiro atoms. The Morgan fingerprint density at radius 2 is 1.97 bits per heavy atom. The van der Waals surface area contributed by atoms with E-state index in [-0.39, 0.29) is 17.9 Å². The number of hydrogen-bond donors (Lipinski definition) is 6. The molecule has 0 amide bonds. The SMILES string of the molecule is [N-]=[N+]=NCCCCCCOC1OC(CO)C(O)C2=C1SC[C@]1(CC(O)C(O)[C@@H]([C@H](O)CO)O1)O2. The minimum Gasteiger partial charge on any atom is -0.462 e. The molecule has 6 N–H and O–H groups in total. The van der Waals surface area contributed by atoms with Crippen molar-refractivity contribution in [3.63, 3.8) is 0 Å². The Balaban J connectivity index is 1.67. The van der Waals surface area contributed by atoms with E-state index in [9.17, 15) is 30.6 Å². The number of aliphatic hydroxyl groups excluding tert-OH is 6. The molecule has 0 saturated carbocycles. The Morgan fingerprint density at radius 3 is 2.68 bits per heavy atom. The largest absolute Gasteiger partial charge is 0.462 e. The van der Waals surface area contributed by atoms with Crippen molar-refractivity contribution in [3.8, 4) is 0 Å². The monoisotopic (exact) mass is 507 g/mol. The van der Waals surface area contributed by atoms with Gasteiger partial charge in [-0.05, 0) is 18.4 Å². The zero-order chi connectivity index (χ0) is 24.7. The van der Waals surface area contributed by atoms with Crippen LogP contribution in [0.3, 0.4) is 0 Å². The lowest BCUT2D eigenvalue weighted by molar-refractivity contribution is -0.320. The minimum atomic E-state index is -1.47. The second kappa shape index (κ2) is 12.7. The smallest absolute Gasteiger partial charge is 0.222 e. The zero-order valence-electron chi connectivity index (χ0n) is 18.7. The first-order valence-electron chi connectivity index (χ1n) is 11.3. The maximum Gasteiger partial charge on any atom is 0.222 e. The quantitative estimate of drug-likeness (QED) is 0.0908. The number of unbranched alkanes of at least 4 members (excludes halogenated alkanes) is 3. The summed E-state index contributed by atoms with van der Waals surface area (Å²) in [5.74, 6) is -1.25. The van der Waals surface area contributed by atoms with Crippen molar-refractivity contribution in [2.24, 2.45) is 5.11 Å². The number of nitrogens with zero attached hydrogens (tertiary/aromatic N) is 3. The van der Waals surface area contributed by atoms with Gasteiger partial charge in [-0.1, -0.05) is 18.0 Å². The lowest BCUT2D eigenvalue weighted by Gasteiger charge is -2.50. The molecule has 0 radical (unpaired) electrons. The summed E-state index contributed by atoms with van der Waals surface area (Å²) in [6, 6.07) is 0. The third-order valence-corrected chi connectivity index (χ3v) is 7.24. The van der Waals surface area contributed by atoms with Crippen molar-refractivity contribution in [2.75, 3.05) is 32.1 Å². The maximum absolute atomic E-state index is 10.7. The van der Waals surface area contributed by atoms with E-state index >= 15 is 0 Å². The van der Waals surface area contributed by atoms with Gasteiger partial charge in [0, 0.05) is 17.9 Å². The minimum absolute atomic E-state index is 0.0849. The van der Waals surface area contributed by atoms with Gasteiger partial charge in [0.25, 0.3) is 0 Å². The molecule has 5 unspecified atom stereocenters. The van der Waals surface area contributed by atoms with Gasteiger partial charge in [0.2, 0.25) is 5.79 Å². The topological polar surface area (TPSA) is 207 Å². The summed E-state index contributed by atoms with van der Waals surface area (Å²) in [4.78, 5) is 3.19. The highest BCUT2D eigenvalue weighted by molar-refractivity contribution is 8.03. The average Bonchev–Trinajstić information content (AvgIpc) is 2.84. The van der Waals surface area contributed by atoms with Gasteiger partial charge < -0.3 is 49.6 Å². The summed E-state index contributed by atoms with van der Waals surface area (Å²) in [7, 11) is 0. The van der Waals surface area contributed by atoms with E-state index in [1.165, 1.54) is 11.8 Å². The standard InChI is InChI=1S/C20H33N3O10S/c21-23-22-5-3-1-2-4-6-30-19-18-17(15(29)13(9-25)31-19)33-20(10-34-18)7-11(26)14(28)16(32-20)12(27)8-24/h11-16,19,24-29H,1-10H2/t11?,12-,13?,14?,15?,16-,19?,20+/m1/s1. The first-order chi connectivity index (χ1) is 16.4. The van der Waals surface area contributed by atoms with Crippen LogP contribution >= 0.6 is 11.8 Å². The Bertz CT molecular complexity index is 754. The fraction of sp³-hybridized carbons (Fsp3) is 0.900. The number of hydrogen-bond acceptors (Lipinski definition) is 12. The molecule has 14 heteroatoms. The molecular formula is C20H33N3O10S. The van der Waals surface area contributed by atoms with E-state index < -0.39 is 61.9 Å². The predicted molar refractivity (Wildman–Crippen MR) is 118 cm³/mol. The van der Waals surface area contributed by atoms with E-state index in [0.717, 1.165) is 25.7 Å². The molecule has 0 bridgehead atoms. The number of thioether (sulfide) groups is 1. The predicted octanol–water partition coefficient (Wildman–Crippen LogP) is -0.513. The molecular weight excluding hydrogens is 474 g/mol. The zero-order valence-corrected chi connectivity index (χ0v) is 19.5. The molecule has 34 heavy (non-hydrogen) atoms. The molecule has 1 fully saturated rings. The molecule has 1 saturated heterocycles. The molecule has 0 aromatic rings. The summed E-state index contributed by atoms with van der Waals surface area (Å²) in [6.45, 7) is -0.368. The maximum atomic E-state index is 10.7. The molecule has 0 aromatic carbocycles. The van der Waals surface area contributed by atoms with E-state index in [1.54, 1.807) is 0 Å². The Morgan fingerprint density at radius 1 is 1.21 bits per heavy atom. The third-order valence-electron chi connectivity index (χ3n) is 5.95. The molecule has 8 atom stereocenters. The highest BCUT2D eigenvalue weighted by atomic mass is 32.2. The van der Waals surface area contributed by atoms with Crippen molar-refractivity contribution < 1.29 is 49.6 Å². The molecule has 13 nitrogen and oxygen atoms in total. The highest BCUT2D eigenvalue weighted by Gasteiger charge is 2.54. The van der Waals surface area contributed by atoms with Crippen molar-refractivity contribution in [2.45, 2.75) is 80.8 Å². The van der Waals surface area contributed by atoms with Crippen LogP contribution in [0.5, 0.6) is 0 Å². The summed E-state index contributed by atoms with van der Waals surface area (Å²) in [5.41, 5.74) is 8.28. The fourth-order valence-electron chi connectivity index (χ4n) is 4.12. The van der Waals surface area contributed by atoms with E-state index in [2.05, 4.69) is 10.0 Å². The first kappa shape index (κ1) is 27.4. The number of rotatable bonds is 11. The van der Waals surface area contributed by atoms with Gasteiger partial charge in [-0.25, -0.2) is 0 Å². The van der Waals surface area contributed by atoms with Crippen LogP contribution in [0.4, 0.5) is 0 Å². The molecule has 3 aliphatic rings. The summed E-state index contributed by atoms with van der Waals surface area (Å²) in [6.07, 6.45) is -5.54. The van der Waals surface area contributed by atoms with Gasteiger partial charge in [-0.2, -0.15) is 0 Å². The van der Waals surface area contributed by atoms with Crippen molar-refractivity contribution >= 4 is 11.8 Å². The number of azide groups is 1. The highest BCUT2D eigenvalue weighted by Crippen LogP contribution is 2.47. The van der Waals surface area contributed by atoms with Gasteiger partial charge in [0.05, 0.1) is 36.6 Å². The summed E-state index contributed by atoms with van der Waals surface area (Å²) < 4.78 is 23.4. The summed E-state index contributed by atoms with van der Waals surface area (Å²) >= 11 is 1.23. The van der Waals surface area contributed by atoms with Gasteiger partial charge >= 0.3 is 0 Å². The van der Waals surface area contributed by atoms with Gasteiger partial charge in [-0.3, -0.25) is 0 Å². The van der Waals surface area contributed by atoms with Crippen LogP contribution in [0.15, 0.2) is 15.8 Å². The Kier molecular flexibility index (Phi) is 10.2. The van der Waals surface area contributed by atoms with Gasteiger partial charge in [0.15, 0.2) is 6.29 Å². The van der Waals surface area contributed by atoms with Crippen LogP contribution in [0.2, 0.25) is 0 Å². The van der Waals surface area contributed by atoms with E-state index in [0.29, 0.717) is 18.1 Å². The lowest BCUT2D eigenvalue weighted by Crippen LogP contribution is -2.62. The Labute approximate surface area is 200 Å². The molecule has 0 aromatic heterocycles. The second-order valence-corrected chi connectivity index (χ2v) is 9.51. The number of ether oxygens (including phenoxy) is 4. The molecule has 3 rings (SSSR count). The van der Waals surface area contributed by atoms with Crippen LogP contribution in [-0.4, -0.2) is 111 Å². The van der Waals surface area contributed by atoms with Crippen LogP contribution in [-0.2, 0) is 18.9 Å². The van der Waals surface area contributed by atoms with Gasteiger partial charge in [0.1, 0.15) is 36.3 Å². The molecule has 0 aliphatic carbocycles. The fourth-order valence-corrected chi connectivity index (χ4v) is 5.30. The lowest BCUT2D eigenvalue weighted by atomic mass is 9.93. The van der Waals surface area contributed by atoms with E-state index in [4.69, 9.17) is 24.5 Å². The third kappa shape index (κ3) is 6.33. The first-order valence-corrected chi connectivity index (χ1v) is 12.3. The molecule has 194 valence electrons. The Hall–Kier alpha value is -1.16.